The molecule has 3 nitrogen and oxygen atoms in total. The van der Waals surface area contributed by atoms with Crippen LogP contribution in [0.5, 0.6) is 0 Å². The molecule has 15 heavy (non-hydrogen) atoms. The maximum Gasteiger partial charge on any atom is 0.0763 e. The number of aryl methyl sites for hydroxylation is 1. The fraction of sp³-hybridized carbons (Fsp3) is 0.250. The molecule has 2 N–H and O–H groups in total. The SMILES string of the molecule is Cc1cc(CN)nn1Cc1ccccc1. The topological polar surface area (TPSA) is 43.8 Å². The third-order valence-electron chi connectivity index (χ3n) is 2.42. The lowest BCUT2D eigenvalue weighted by molar-refractivity contribution is 0.653. The molecule has 2 rings (SSSR count). The molecule has 0 radical (unpaired) electrons. The Bertz CT molecular complexity index is 431. The zero-order valence-electron chi connectivity index (χ0n) is 8.85. The van der Waals surface area contributed by atoms with Crippen molar-refractivity contribution in [3.05, 3.63) is 53.3 Å². The molecule has 0 bridgehead atoms. The predicted octanol–water partition coefficient (Wildman–Crippen LogP) is 1.70. The van der Waals surface area contributed by atoms with Gasteiger partial charge in [-0.1, -0.05) is 30.3 Å². The highest BCUT2D eigenvalue weighted by molar-refractivity contribution is 5.17. The average molecular weight is 201 g/mol. The van der Waals surface area contributed by atoms with Crippen LogP contribution in [0.3, 0.4) is 0 Å². The van der Waals surface area contributed by atoms with Crippen molar-refractivity contribution < 1.29 is 0 Å². The fourth-order valence-corrected chi connectivity index (χ4v) is 1.59. The highest BCUT2D eigenvalue weighted by atomic mass is 15.3. The van der Waals surface area contributed by atoms with Crippen molar-refractivity contribution in [3.8, 4) is 0 Å². The maximum absolute atomic E-state index is 5.55. The summed E-state index contributed by atoms with van der Waals surface area (Å²) in [6.07, 6.45) is 0. The maximum atomic E-state index is 5.55. The van der Waals surface area contributed by atoms with Gasteiger partial charge < -0.3 is 5.73 Å². The van der Waals surface area contributed by atoms with Crippen molar-refractivity contribution in [3.63, 3.8) is 0 Å². The third kappa shape index (κ3) is 2.25. The molecule has 3 heteroatoms. The molecule has 2 aromatic rings. The Kier molecular flexibility index (Phi) is 2.83. The van der Waals surface area contributed by atoms with Crippen molar-refractivity contribution in [1.82, 2.24) is 9.78 Å². The molecule has 0 saturated carbocycles. The standard InChI is InChI=1S/C12H15N3/c1-10-7-12(8-13)14-15(10)9-11-5-3-2-4-6-11/h2-7H,8-9,13H2,1H3. The van der Waals surface area contributed by atoms with Crippen LogP contribution in [0, 0.1) is 6.92 Å². The van der Waals surface area contributed by atoms with Gasteiger partial charge in [0.25, 0.3) is 0 Å². The number of benzene rings is 1. The summed E-state index contributed by atoms with van der Waals surface area (Å²) >= 11 is 0. The van der Waals surface area contributed by atoms with Crippen LogP contribution in [0.2, 0.25) is 0 Å². The van der Waals surface area contributed by atoms with Gasteiger partial charge in [-0.15, -0.1) is 0 Å². The lowest BCUT2D eigenvalue weighted by atomic mass is 10.2. The van der Waals surface area contributed by atoms with Gasteiger partial charge in [0.05, 0.1) is 12.2 Å². The first-order valence-corrected chi connectivity index (χ1v) is 5.07. The van der Waals surface area contributed by atoms with Crippen LogP contribution in [-0.2, 0) is 13.1 Å². The molecule has 0 spiro atoms. The van der Waals surface area contributed by atoms with Gasteiger partial charge in [0, 0.05) is 12.2 Å². The molecule has 1 aromatic carbocycles. The van der Waals surface area contributed by atoms with Crippen LogP contribution in [-0.4, -0.2) is 9.78 Å². The molecule has 0 fully saturated rings. The first kappa shape index (κ1) is 9.93. The van der Waals surface area contributed by atoms with Crippen molar-refractivity contribution in [2.75, 3.05) is 0 Å². The summed E-state index contributed by atoms with van der Waals surface area (Å²) in [5.41, 5.74) is 8.91. The van der Waals surface area contributed by atoms with Crippen LogP contribution in [0.4, 0.5) is 0 Å². The van der Waals surface area contributed by atoms with E-state index in [1.54, 1.807) is 0 Å². The van der Waals surface area contributed by atoms with E-state index in [0.29, 0.717) is 6.54 Å². The number of rotatable bonds is 3. The first-order valence-electron chi connectivity index (χ1n) is 5.07. The zero-order chi connectivity index (χ0) is 10.7. The smallest absolute Gasteiger partial charge is 0.0763 e. The minimum Gasteiger partial charge on any atom is -0.325 e. The van der Waals surface area contributed by atoms with Crippen LogP contribution in [0.25, 0.3) is 0 Å². The molecule has 0 aliphatic carbocycles. The second-order valence-electron chi connectivity index (χ2n) is 3.62. The molecular formula is C12H15N3. The quantitative estimate of drug-likeness (QED) is 0.821. The summed E-state index contributed by atoms with van der Waals surface area (Å²) in [5, 5.41) is 4.42. The third-order valence-corrected chi connectivity index (χ3v) is 2.42. The van der Waals surface area contributed by atoms with Crippen LogP contribution in [0.1, 0.15) is 17.0 Å². The molecule has 1 heterocycles. The minimum absolute atomic E-state index is 0.503. The summed E-state index contributed by atoms with van der Waals surface area (Å²) in [4.78, 5) is 0. The van der Waals surface area contributed by atoms with Crippen molar-refractivity contribution in [2.24, 2.45) is 5.73 Å². The Morgan fingerprint density at radius 3 is 2.60 bits per heavy atom. The van der Waals surface area contributed by atoms with E-state index in [0.717, 1.165) is 17.9 Å². The lowest BCUT2D eigenvalue weighted by Gasteiger charge is -2.03. The normalized spacial score (nSPS) is 10.5. The Morgan fingerprint density at radius 2 is 2.00 bits per heavy atom. The minimum atomic E-state index is 0.503. The number of nitrogens with zero attached hydrogens (tertiary/aromatic N) is 2. The first-order chi connectivity index (χ1) is 7.29. The van der Waals surface area contributed by atoms with Gasteiger partial charge in [0.2, 0.25) is 0 Å². The Labute approximate surface area is 89.5 Å². The van der Waals surface area contributed by atoms with E-state index >= 15 is 0 Å². The van der Waals surface area contributed by atoms with E-state index in [9.17, 15) is 0 Å². The number of hydrogen-bond donors (Lipinski definition) is 1. The van der Waals surface area contributed by atoms with E-state index in [1.807, 2.05) is 28.9 Å². The van der Waals surface area contributed by atoms with E-state index < -0.39 is 0 Å². The number of nitrogens with two attached hydrogens (primary N) is 1. The summed E-state index contributed by atoms with van der Waals surface area (Å²) in [7, 11) is 0. The number of aromatic nitrogens is 2. The predicted molar refractivity (Wildman–Crippen MR) is 60.4 cm³/mol. The molecule has 0 amide bonds. The fourth-order valence-electron chi connectivity index (χ4n) is 1.59. The second-order valence-corrected chi connectivity index (χ2v) is 3.62. The number of hydrogen-bond acceptors (Lipinski definition) is 2. The summed E-state index contributed by atoms with van der Waals surface area (Å²) in [6.45, 7) is 3.37. The summed E-state index contributed by atoms with van der Waals surface area (Å²) in [6, 6.07) is 12.3. The molecule has 1 aromatic heterocycles. The molecule has 0 unspecified atom stereocenters. The largest absolute Gasteiger partial charge is 0.325 e. The van der Waals surface area contributed by atoms with Gasteiger partial charge in [-0.05, 0) is 18.6 Å². The molecule has 0 aliphatic heterocycles. The Hall–Kier alpha value is -1.61. The van der Waals surface area contributed by atoms with Crippen molar-refractivity contribution in [1.29, 1.82) is 0 Å². The average Bonchev–Trinajstić information content (AvgIpc) is 2.61. The zero-order valence-corrected chi connectivity index (χ0v) is 8.85. The van der Waals surface area contributed by atoms with Gasteiger partial charge in [-0.3, -0.25) is 4.68 Å². The van der Waals surface area contributed by atoms with E-state index in [-0.39, 0.29) is 0 Å². The van der Waals surface area contributed by atoms with Crippen molar-refractivity contribution >= 4 is 0 Å². The van der Waals surface area contributed by atoms with E-state index in [2.05, 4.69) is 24.2 Å². The van der Waals surface area contributed by atoms with Gasteiger partial charge in [0.1, 0.15) is 0 Å². The van der Waals surface area contributed by atoms with Crippen LogP contribution in [0.15, 0.2) is 36.4 Å². The molecular weight excluding hydrogens is 186 g/mol. The van der Waals surface area contributed by atoms with Crippen molar-refractivity contribution in [2.45, 2.75) is 20.0 Å². The highest BCUT2D eigenvalue weighted by Gasteiger charge is 2.02. The van der Waals surface area contributed by atoms with Gasteiger partial charge in [-0.25, -0.2) is 0 Å². The second kappa shape index (κ2) is 4.28. The van der Waals surface area contributed by atoms with Crippen LogP contribution < -0.4 is 5.73 Å². The molecule has 0 aliphatic rings. The summed E-state index contributed by atoms with van der Waals surface area (Å²) in [5.74, 6) is 0. The molecule has 78 valence electrons. The van der Waals surface area contributed by atoms with Gasteiger partial charge >= 0.3 is 0 Å². The van der Waals surface area contributed by atoms with Gasteiger partial charge in [0.15, 0.2) is 0 Å². The van der Waals surface area contributed by atoms with Crippen LogP contribution >= 0.6 is 0 Å². The lowest BCUT2D eigenvalue weighted by Crippen LogP contribution is -2.05. The Morgan fingerprint density at radius 1 is 1.27 bits per heavy atom. The summed E-state index contributed by atoms with van der Waals surface area (Å²) < 4.78 is 1.98. The molecule has 0 atom stereocenters. The highest BCUT2D eigenvalue weighted by Crippen LogP contribution is 2.07. The van der Waals surface area contributed by atoms with E-state index in [1.165, 1.54) is 5.56 Å². The van der Waals surface area contributed by atoms with E-state index in [4.69, 9.17) is 5.73 Å². The van der Waals surface area contributed by atoms with Gasteiger partial charge in [-0.2, -0.15) is 5.10 Å². The molecule has 0 saturated heterocycles. The Balaban J connectivity index is 2.21. The monoisotopic (exact) mass is 201 g/mol.